The molecule has 2 aromatic heterocycles. The van der Waals surface area contributed by atoms with E-state index in [1.165, 1.54) is 0 Å². The molecule has 0 aliphatic heterocycles. The molecule has 0 bridgehead atoms. The van der Waals surface area contributed by atoms with E-state index in [1.54, 1.807) is 67.9 Å². The second-order valence-corrected chi connectivity index (χ2v) is 6.61. The van der Waals surface area contributed by atoms with E-state index in [0.717, 1.165) is 17.0 Å². The summed E-state index contributed by atoms with van der Waals surface area (Å²) in [5.41, 5.74) is 4.40. The van der Waals surface area contributed by atoms with Gasteiger partial charge in [0.1, 0.15) is 11.5 Å². The summed E-state index contributed by atoms with van der Waals surface area (Å²) in [4.78, 5) is 15.0. The van der Waals surface area contributed by atoms with Crippen LogP contribution >= 0.6 is 0 Å². The minimum Gasteiger partial charge on any atom is -0.508 e. The first-order valence-corrected chi connectivity index (χ1v) is 9.63. The van der Waals surface area contributed by atoms with E-state index in [-0.39, 0.29) is 11.7 Å². The van der Waals surface area contributed by atoms with E-state index in [0.29, 0.717) is 17.8 Å². The van der Waals surface area contributed by atoms with Gasteiger partial charge in [-0.05, 0) is 60.2 Å². The fourth-order valence-corrected chi connectivity index (χ4v) is 2.71. The highest BCUT2D eigenvalue weighted by Crippen LogP contribution is 2.24. The molecular formula is C22H21N7O3. The van der Waals surface area contributed by atoms with Crippen molar-refractivity contribution in [1.82, 2.24) is 15.0 Å². The number of aromatic hydroxyl groups is 1. The van der Waals surface area contributed by atoms with Crippen LogP contribution in [0.4, 0.5) is 29.4 Å². The van der Waals surface area contributed by atoms with E-state index in [2.05, 4.69) is 30.8 Å². The number of phenolic OH excluding ortho intramolecular Hbond substituents is 1. The van der Waals surface area contributed by atoms with Gasteiger partial charge in [-0.1, -0.05) is 0 Å². The van der Waals surface area contributed by atoms with E-state index < -0.39 is 0 Å². The summed E-state index contributed by atoms with van der Waals surface area (Å²) in [7, 11) is 3.40. The lowest BCUT2D eigenvalue weighted by molar-refractivity contribution is 0.415. The first-order valence-electron chi connectivity index (χ1n) is 9.63. The molecule has 0 aliphatic carbocycles. The smallest absolute Gasteiger partial charge is 0.250 e. The van der Waals surface area contributed by atoms with Crippen molar-refractivity contribution in [2.45, 2.75) is 0 Å². The molecule has 2 heterocycles. The Bertz CT molecular complexity index is 1180. The van der Waals surface area contributed by atoms with Crippen LogP contribution < -0.4 is 20.4 Å². The van der Waals surface area contributed by atoms with Crippen LogP contribution in [0.25, 0.3) is 0 Å². The molecule has 0 amide bonds. The second kappa shape index (κ2) is 9.47. The SMILES string of the molecule is COc1ccc(Nc2nc(N/N=C/c3ccc(O)cc3)nc(N(C)c3ccco3)n2)cc1. The van der Waals surface area contributed by atoms with Crippen molar-refractivity contribution < 1.29 is 14.3 Å². The van der Waals surface area contributed by atoms with Gasteiger partial charge in [0.25, 0.3) is 0 Å². The Hall–Kier alpha value is -4.60. The molecule has 10 heteroatoms. The van der Waals surface area contributed by atoms with Gasteiger partial charge in [-0.3, -0.25) is 4.90 Å². The molecule has 3 N–H and O–H groups in total. The average Bonchev–Trinajstić information content (AvgIpc) is 3.35. The summed E-state index contributed by atoms with van der Waals surface area (Å²) >= 11 is 0. The van der Waals surface area contributed by atoms with Crippen LogP contribution in [0.1, 0.15) is 5.56 Å². The molecule has 162 valence electrons. The van der Waals surface area contributed by atoms with Gasteiger partial charge in [0.05, 0.1) is 19.6 Å². The molecule has 4 rings (SSSR count). The van der Waals surface area contributed by atoms with Crippen LogP contribution in [0.15, 0.2) is 76.4 Å². The fourth-order valence-electron chi connectivity index (χ4n) is 2.71. The summed E-state index contributed by atoms with van der Waals surface area (Å²) < 4.78 is 10.6. The summed E-state index contributed by atoms with van der Waals surface area (Å²) in [6.45, 7) is 0. The third-order valence-corrected chi connectivity index (χ3v) is 4.38. The Morgan fingerprint density at radius 2 is 1.75 bits per heavy atom. The van der Waals surface area contributed by atoms with E-state index in [1.807, 2.05) is 24.3 Å². The zero-order chi connectivity index (χ0) is 22.3. The second-order valence-electron chi connectivity index (χ2n) is 6.61. The van der Waals surface area contributed by atoms with E-state index >= 15 is 0 Å². The predicted molar refractivity (Wildman–Crippen MR) is 122 cm³/mol. The third-order valence-electron chi connectivity index (χ3n) is 4.38. The Labute approximate surface area is 184 Å². The molecule has 10 nitrogen and oxygen atoms in total. The van der Waals surface area contributed by atoms with E-state index in [9.17, 15) is 5.11 Å². The maximum atomic E-state index is 9.39. The fraction of sp³-hybridized carbons (Fsp3) is 0.0909. The number of nitrogens with zero attached hydrogens (tertiary/aromatic N) is 5. The number of methoxy groups -OCH3 is 1. The lowest BCUT2D eigenvalue weighted by atomic mass is 10.2. The Kier molecular flexibility index (Phi) is 6.12. The number of ether oxygens (including phenoxy) is 1. The van der Waals surface area contributed by atoms with Crippen molar-refractivity contribution in [3.05, 3.63) is 72.5 Å². The van der Waals surface area contributed by atoms with Crippen LogP contribution in [0.3, 0.4) is 0 Å². The average molecular weight is 431 g/mol. The number of benzene rings is 2. The standard InChI is InChI=1S/C22H21N7O3/c1-29(19-4-3-13-32-19)22-26-20(24-16-7-11-18(31-2)12-8-16)25-21(27-22)28-23-14-15-5-9-17(30)10-6-15/h3-14,30H,1-2H3,(H2,24,25,26,27,28)/b23-14+. The van der Waals surface area contributed by atoms with Gasteiger partial charge < -0.3 is 19.6 Å². The Balaban J connectivity index is 1.59. The predicted octanol–water partition coefficient (Wildman–Crippen LogP) is 4.14. The van der Waals surface area contributed by atoms with Gasteiger partial charge in [-0.15, -0.1) is 0 Å². The topological polar surface area (TPSA) is 121 Å². The highest BCUT2D eigenvalue weighted by molar-refractivity contribution is 5.80. The number of anilines is 5. The lowest BCUT2D eigenvalue weighted by Gasteiger charge is -2.15. The van der Waals surface area contributed by atoms with Gasteiger partial charge in [0, 0.05) is 18.8 Å². The van der Waals surface area contributed by atoms with Crippen LogP contribution in [0, 0.1) is 0 Å². The van der Waals surface area contributed by atoms with Crippen LogP contribution in [-0.2, 0) is 0 Å². The highest BCUT2D eigenvalue weighted by atomic mass is 16.5. The lowest BCUT2D eigenvalue weighted by Crippen LogP contribution is -2.15. The molecule has 4 aromatic rings. The number of hydrogen-bond donors (Lipinski definition) is 3. The van der Waals surface area contributed by atoms with Crippen molar-refractivity contribution in [1.29, 1.82) is 0 Å². The van der Waals surface area contributed by atoms with Crippen molar-refractivity contribution in [3.8, 4) is 11.5 Å². The maximum Gasteiger partial charge on any atom is 0.250 e. The van der Waals surface area contributed by atoms with Gasteiger partial charge >= 0.3 is 0 Å². The van der Waals surface area contributed by atoms with Crippen LogP contribution in [0.2, 0.25) is 0 Å². The summed E-state index contributed by atoms with van der Waals surface area (Å²) in [6.07, 6.45) is 3.17. The molecule has 0 atom stereocenters. The number of hydrogen-bond acceptors (Lipinski definition) is 10. The number of hydrazone groups is 1. The minimum atomic E-state index is 0.187. The first kappa shape index (κ1) is 20.7. The van der Waals surface area contributed by atoms with Crippen LogP contribution in [0.5, 0.6) is 11.5 Å². The zero-order valence-corrected chi connectivity index (χ0v) is 17.4. The highest BCUT2D eigenvalue weighted by Gasteiger charge is 2.14. The normalized spacial score (nSPS) is 10.8. The molecule has 0 spiro atoms. The quantitative estimate of drug-likeness (QED) is 0.279. The largest absolute Gasteiger partial charge is 0.508 e. The summed E-state index contributed by atoms with van der Waals surface area (Å²) in [5, 5.41) is 16.7. The van der Waals surface area contributed by atoms with Gasteiger partial charge in [-0.25, -0.2) is 5.43 Å². The number of nitrogens with one attached hydrogen (secondary N) is 2. The molecule has 2 aromatic carbocycles. The van der Waals surface area contributed by atoms with Crippen molar-refractivity contribution >= 4 is 35.6 Å². The number of rotatable bonds is 8. The minimum absolute atomic E-state index is 0.187. The Morgan fingerprint density at radius 1 is 1.00 bits per heavy atom. The van der Waals surface area contributed by atoms with Crippen molar-refractivity contribution in [3.63, 3.8) is 0 Å². The van der Waals surface area contributed by atoms with Gasteiger partial charge in [0.15, 0.2) is 0 Å². The molecule has 0 fully saturated rings. The van der Waals surface area contributed by atoms with Crippen LogP contribution in [-0.4, -0.2) is 40.4 Å². The number of phenols is 1. The molecule has 0 unspecified atom stereocenters. The molecule has 0 saturated carbocycles. The third kappa shape index (κ3) is 5.11. The van der Waals surface area contributed by atoms with Gasteiger partial charge in [0.2, 0.25) is 23.7 Å². The summed E-state index contributed by atoms with van der Waals surface area (Å²) in [5.74, 6) is 2.42. The molecule has 32 heavy (non-hydrogen) atoms. The number of aromatic nitrogens is 3. The molecular weight excluding hydrogens is 410 g/mol. The first-order chi connectivity index (χ1) is 15.6. The molecule has 0 aliphatic rings. The van der Waals surface area contributed by atoms with Gasteiger partial charge in [-0.2, -0.15) is 20.1 Å². The monoisotopic (exact) mass is 431 g/mol. The summed E-state index contributed by atoms with van der Waals surface area (Å²) in [6, 6.07) is 17.6. The Morgan fingerprint density at radius 3 is 2.44 bits per heavy atom. The van der Waals surface area contributed by atoms with Crippen molar-refractivity contribution in [2.24, 2.45) is 5.10 Å². The maximum absolute atomic E-state index is 9.39. The zero-order valence-electron chi connectivity index (χ0n) is 17.4. The number of furan rings is 1. The van der Waals surface area contributed by atoms with Crippen molar-refractivity contribution in [2.75, 3.05) is 29.8 Å². The van der Waals surface area contributed by atoms with E-state index in [4.69, 9.17) is 9.15 Å². The molecule has 0 radical (unpaired) electrons. The molecule has 0 saturated heterocycles.